The predicted octanol–water partition coefficient (Wildman–Crippen LogP) is 6.32. The molecule has 1 heterocycles. The number of fused-ring (bicyclic) bond motifs is 1. The third-order valence-electron chi connectivity index (χ3n) is 6.08. The molecule has 3 N–H and O–H groups in total. The van der Waals surface area contributed by atoms with Gasteiger partial charge in [0.1, 0.15) is 12.4 Å². The zero-order chi connectivity index (χ0) is 26.3. The van der Waals surface area contributed by atoms with Crippen molar-refractivity contribution in [3.63, 3.8) is 0 Å². The summed E-state index contributed by atoms with van der Waals surface area (Å²) in [7, 11) is 0. The number of rotatable bonds is 9. The first-order chi connectivity index (χ1) is 18.5. The lowest BCUT2D eigenvalue weighted by Crippen LogP contribution is -2.19. The summed E-state index contributed by atoms with van der Waals surface area (Å²) < 4.78 is 7.64. The Morgan fingerprint density at radius 2 is 1.50 bits per heavy atom. The molecule has 0 aliphatic rings. The molecule has 0 saturated heterocycles. The SMILES string of the molecule is O=C(O)CC(c1ccccc1)n1cnc2cc(NC(=O)Nc3ccc(OCc4ccccc4)cc3)ccc21. The number of anilines is 2. The number of nitrogens with zero attached hydrogens (tertiary/aromatic N) is 2. The molecule has 2 amide bonds. The number of aliphatic carboxylic acids is 1. The number of amides is 2. The van der Waals surface area contributed by atoms with E-state index < -0.39 is 18.0 Å². The van der Waals surface area contributed by atoms with Gasteiger partial charge >= 0.3 is 12.0 Å². The van der Waals surface area contributed by atoms with Crippen LogP contribution in [0.3, 0.4) is 0 Å². The van der Waals surface area contributed by atoms with E-state index in [9.17, 15) is 14.7 Å². The molecular weight excluding hydrogens is 480 g/mol. The van der Waals surface area contributed by atoms with Crippen molar-refractivity contribution < 1.29 is 19.4 Å². The average Bonchev–Trinajstić information content (AvgIpc) is 3.35. The number of carboxylic acids is 1. The molecule has 1 aromatic heterocycles. The van der Waals surface area contributed by atoms with Crippen molar-refractivity contribution in [3.8, 4) is 5.75 Å². The summed E-state index contributed by atoms with van der Waals surface area (Å²) in [6.07, 6.45) is 1.56. The van der Waals surface area contributed by atoms with E-state index in [1.54, 1.807) is 42.7 Å². The molecule has 4 aromatic carbocycles. The first-order valence-electron chi connectivity index (χ1n) is 12.1. The molecule has 0 bridgehead atoms. The zero-order valence-electron chi connectivity index (χ0n) is 20.5. The minimum atomic E-state index is -0.897. The number of carboxylic acid groups (broad SMARTS) is 1. The first-order valence-corrected chi connectivity index (χ1v) is 12.1. The Labute approximate surface area is 219 Å². The maximum absolute atomic E-state index is 12.6. The quantitative estimate of drug-likeness (QED) is 0.217. The Hall–Kier alpha value is -5.11. The van der Waals surface area contributed by atoms with E-state index >= 15 is 0 Å². The molecule has 5 rings (SSSR count). The number of carbonyl (C=O) groups excluding carboxylic acids is 1. The van der Waals surface area contributed by atoms with Gasteiger partial charge in [0.15, 0.2) is 0 Å². The van der Waals surface area contributed by atoms with Crippen LogP contribution in [-0.2, 0) is 11.4 Å². The number of hydrogen-bond donors (Lipinski definition) is 3. The fraction of sp³-hybridized carbons (Fsp3) is 0.100. The highest BCUT2D eigenvalue weighted by Crippen LogP contribution is 2.28. The second kappa shape index (κ2) is 11.3. The molecular formula is C30H26N4O4. The summed E-state index contributed by atoms with van der Waals surface area (Å²) in [6.45, 7) is 0.467. The van der Waals surface area contributed by atoms with Crippen molar-refractivity contribution in [2.75, 3.05) is 10.6 Å². The van der Waals surface area contributed by atoms with Crippen LogP contribution in [0.25, 0.3) is 11.0 Å². The number of nitrogens with one attached hydrogen (secondary N) is 2. The molecule has 190 valence electrons. The first kappa shape index (κ1) is 24.6. The third kappa shape index (κ3) is 5.99. The summed E-state index contributed by atoms with van der Waals surface area (Å²) in [5.41, 5.74) is 4.57. The minimum absolute atomic E-state index is 0.0754. The lowest BCUT2D eigenvalue weighted by molar-refractivity contribution is -0.137. The van der Waals surface area contributed by atoms with Crippen molar-refractivity contribution in [1.82, 2.24) is 9.55 Å². The maximum atomic E-state index is 12.6. The molecule has 8 nitrogen and oxygen atoms in total. The van der Waals surface area contributed by atoms with Gasteiger partial charge in [-0.15, -0.1) is 0 Å². The highest BCUT2D eigenvalue weighted by molar-refractivity contribution is 6.00. The second-order valence-corrected chi connectivity index (χ2v) is 8.76. The van der Waals surface area contributed by atoms with Crippen LogP contribution in [0.1, 0.15) is 23.6 Å². The molecule has 0 aliphatic heterocycles. The minimum Gasteiger partial charge on any atom is -0.489 e. The topological polar surface area (TPSA) is 105 Å². The van der Waals surface area contributed by atoms with Crippen LogP contribution in [0.2, 0.25) is 0 Å². The molecule has 0 radical (unpaired) electrons. The summed E-state index contributed by atoms with van der Waals surface area (Å²) in [5.74, 6) is -0.191. The van der Waals surface area contributed by atoms with Crippen LogP contribution < -0.4 is 15.4 Å². The third-order valence-corrected chi connectivity index (χ3v) is 6.08. The van der Waals surface area contributed by atoms with Crippen molar-refractivity contribution in [3.05, 3.63) is 121 Å². The van der Waals surface area contributed by atoms with Crippen LogP contribution in [0, 0.1) is 0 Å². The van der Waals surface area contributed by atoms with Crippen LogP contribution in [0.4, 0.5) is 16.2 Å². The van der Waals surface area contributed by atoms with Gasteiger partial charge in [0.2, 0.25) is 0 Å². The van der Waals surface area contributed by atoms with E-state index in [2.05, 4.69) is 15.6 Å². The summed E-state index contributed by atoms with van der Waals surface area (Å²) >= 11 is 0. The van der Waals surface area contributed by atoms with Crippen LogP contribution in [0.5, 0.6) is 5.75 Å². The van der Waals surface area contributed by atoms with Gasteiger partial charge in [-0.1, -0.05) is 60.7 Å². The Balaban J connectivity index is 1.23. The van der Waals surface area contributed by atoms with E-state index in [0.29, 0.717) is 29.2 Å². The highest BCUT2D eigenvalue weighted by atomic mass is 16.5. The van der Waals surface area contributed by atoms with Gasteiger partial charge < -0.3 is 25.0 Å². The smallest absolute Gasteiger partial charge is 0.323 e. The Morgan fingerprint density at radius 1 is 0.842 bits per heavy atom. The normalized spacial score (nSPS) is 11.6. The van der Waals surface area contributed by atoms with Gasteiger partial charge in [-0.3, -0.25) is 4.79 Å². The predicted molar refractivity (Wildman–Crippen MR) is 146 cm³/mol. The van der Waals surface area contributed by atoms with Crippen molar-refractivity contribution in [1.29, 1.82) is 0 Å². The summed E-state index contributed by atoms with van der Waals surface area (Å²) in [6, 6.07) is 31.1. The van der Waals surface area contributed by atoms with Crippen molar-refractivity contribution in [2.24, 2.45) is 0 Å². The van der Waals surface area contributed by atoms with Crippen LogP contribution in [0.15, 0.2) is 109 Å². The van der Waals surface area contributed by atoms with Gasteiger partial charge in [0.05, 0.1) is 29.8 Å². The summed E-state index contributed by atoms with van der Waals surface area (Å²) in [4.78, 5) is 28.6. The van der Waals surface area contributed by atoms with Crippen LogP contribution in [-0.4, -0.2) is 26.7 Å². The molecule has 38 heavy (non-hydrogen) atoms. The van der Waals surface area contributed by atoms with E-state index in [4.69, 9.17) is 4.74 Å². The van der Waals surface area contributed by atoms with E-state index in [-0.39, 0.29) is 6.42 Å². The number of benzene rings is 4. The number of carbonyl (C=O) groups is 2. The second-order valence-electron chi connectivity index (χ2n) is 8.76. The van der Waals surface area contributed by atoms with Crippen LogP contribution >= 0.6 is 0 Å². The fourth-order valence-corrected chi connectivity index (χ4v) is 4.24. The Bertz CT molecular complexity index is 1530. The zero-order valence-corrected chi connectivity index (χ0v) is 20.5. The maximum Gasteiger partial charge on any atom is 0.323 e. The van der Waals surface area contributed by atoms with Crippen molar-refractivity contribution in [2.45, 2.75) is 19.1 Å². The average molecular weight is 507 g/mol. The molecule has 0 saturated carbocycles. The highest BCUT2D eigenvalue weighted by Gasteiger charge is 2.20. The van der Waals surface area contributed by atoms with E-state index in [0.717, 1.165) is 16.6 Å². The van der Waals surface area contributed by atoms with Gasteiger partial charge in [-0.05, 0) is 53.6 Å². The number of hydrogen-bond acceptors (Lipinski definition) is 4. The van der Waals surface area contributed by atoms with E-state index in [1.807, 2.05) is 71.3 Å². The number of urea groups is 1. The van der Waals surface area contributed by atoms with Gasteiger partial charge in [-0.2, -0.15) is 0 Å². The molecule has 5 aromatic rings. The summed E-state index contributed by atoms with van der Waals surface area (Å²) in [5, 5.41) is 15.1. The molecule has 1 atom stereocenters. The number of aromatic nitrogens is 2. The molecule has 0 fully saturated rings. The lowest BCUT2D eigenvalue weighted by atomic mass is 10.0. The van der Waals surface area contributed by atoms with E-state index in [1.165, 1.54) is 0 Å². The number of imidazole rings is 1. The Kier molecular flexibility index (Phi) is 7.31. The molecule has 8 heteroatoms. The van der Waals surface area contributed by atoms with Gasteiger partial charge in [-0.25, -0.2) is 9.78 Å². The molecule has 0 spiro atoms. The standard InChI is InChI=1S/C30H26N4O4/c35-29(36)18-28(22-9-5-2-6-10-22)34-20-31-26-17-24(13-16-27(26)34)33-30(37)32-23-11-14-25(15-12-23)38-19-21-7-3-1-4-8-21/h1-17,20,28H,18-19H2,(H,35,36)(H2,32,33,37). The van der Waals surface area contributed by atoms with Gasteiger partial charge in [0, 0.05) is 11.4 Å². The fourth-order valence-electron chi connectivity index (χ4n) is 4.24. The molecule has 1 unspecified atom stereocenters. The molecule has 0 aliphatic carbocycles. The number of ether oxygens (including phenoxy) is 1. The largest absolute Gasteiger partial charge is 0.489 e. The monoisotopic (exact) mass is 506 g/mol. The Morgan fingerprint density at radius 3 is 2.21 bits per heavy atom. The van der Waals surface area contributed by atoms with Crippen molar-refractivity contribution >= 4 is 34.4 Å². The lowest BCUT2D eigenvalue weighted by Gasteiger charge is -2.18. The van der Waals surface area contributed by atoms with Gasteiger partial charge in [0.25, 0.3) is 0 Å².